The maximum Gasteiger partial charge on any atom is 0.212 e. The molecule has 2 N–H and O–H groups in total. The second-order valence-corrected chi connectivity index (χ2v) is 9.77. The molecule has 1 aliphatic carbocycles. The SMILES string of the molecule is C=C1C=C[CH+]C(CC2NC(NC=O)=C(C(=C)N(C)CCCC(C)C)N2Cc2ccc(Cl)cc2)=C1. The molecule has 2 aliphatic rings. The summed E-state index contributed by atoms with van der Waals surface area (Å²) < 4.78 is 0. The van der Waals surface area contributed by atoms with E-state index >= 15 is 0 Å². The molecule has 1 amide bonds. The van der Waals surface area contributed by atoms with E-state index < -0.39 is 0 Å². The van der Waals surface area contributed by atoms with Crippen molar-refractivity contribution in [2.75, 3.05) is 13.6 Å². The van der Waals surface area contributed by atoms with Gasteiger partial charge in [-0.05, 0) is 36.5 Å². The van der Waals surface area contributed by atoms with E-state index in [-0.39, 0.29) is 6.17 Å². The summed E-state index contributed by atoms with van der Waals surface area (Å²) in [5, 5.41) is 7.12. The molecule has 1 aromatic rings. The van der Waals surface area contributed by atoms with Gasteiger partial charge in [0, 0.05) is 56.2 Å². The Hall–Kier alpha value is -3.05. The highest BCUT2D eigenvalue weighted by Gasteiger charge is 2.35. The molecular weight excluding hydrogens is 444 g/mol. The first kappa shape index (κ1) is 25.6. The Kier molecular flexibility index (Phi) is 8.94. The van der Waals surface area contributed by atoms with E-state index in [1.165, 1.54) is 5.57 Å². The Morgan fingerprint density at radius 2 is 2.09 bits per heavy atom. The summed E-state index contributed by atoms with van der Waals surface area (Å²) in [5.41, 5.74) is 5.07. The Morgan fingerprint density at radius 1 is 1.35 bits per heavy atom. The van der Waals surface area contributed by atoms with Crippen molar-refractivity contribution < 1.29 is 4.79 Å². The molecule has 5 nitrogen and oxygen atoms in total. The molecule has 3 rings (SSSR count). The summed E-state index contributed by atoms with van der Waals surface area (Å²) >= 11 is 6.12. The van der Waals surface area contributed by atoms with E-state index in [1.807, 2.05) is 36.4 Å². The molecule has 1 aromatic carbocycles. The molecule has 1 aliphatic heterocycles. The third-order valence-electron chi connectivity index (χ3n) is 6.11. The molecule has 0 aromatic heterocycles. The first-order chi connectivity index (χ1) is 16.3. The van der Waals surface area contributed by atoms with Crippen molar-refractivity contribution >= 4 is 18.0 Å². The van der Waals surface area contributed by atoms with Crippen LogP contribution < -0.4 is 10.6 Å². The fourth-order valence-corrected chi connectivity index (χ4v) is 4.39. The minimum atomic E-state index is -0.0595. The van der Waals surface area contributed by atoms with Gasteiger partial charge in [-0.25, -0.2) is 0 Å². The zero-order valence-corrected chi connectivity index (χ0v) is 21.2. The molecule has 6 heteroatoms. The molecule has 0 saturated carbocycles. The van der Waals surface area contributed by atoms with Gasteiger partial charge in [-0.3, -0.25) is 4.79 Å². The Bertz CT molecular complexity index is 990. The molecule has 0 fully saturated rings. The fourth-order valence-electron chi connectivity index (χ4n) is 4.26. The number of carbonyl (C=O) groups is 1. The van der Waals surface area contributed by atoms with Crippen LogP contribution in [-0.4, -0.2) is 36.0 Å². The molecule has 0 spiro atoms. The fraction of sp³-hybridized carbons (Fsp3) is 0.357. The van der Waals surface area contributed by atoms with Gasteiger partial charge in [0.05, 0.1) is 16.8 Å². The van der Waals surface area contributed by atoms with Gasteiger partial charge < -0.3 is 20.4 Å². The number of hydrogen-bond acceptors (Lipinski definition) is 4. The van der Waals surface area contributed by atoms with Crippen molar-refractivity contribution in [3.63, 3.8) is 0 Å². The smallest absolute Gasteiger partial charge is 0.212 e. The van der Waals surface area contributed by atoms with E-state index in [4.69, 9.17) is 11.6 Å². The Balaban J connectivity index is 1.89. The average Bonchev–Trinajstić information content (AvgIpc) is 3.11. The summed E-state index contributed by atoms with van der Waals surface area (Å²) in [6, 6.07) is 7.88. The zero-order valence-electron chi connectivity index (χ0n) is 20.5. The molecule has 1 heterocycles. The number of benzene rings is 1. The largest absolute Gasteiger partial charge is 0.373 e. The van der Waals surface area contributed by atoms with Crippen molar-refractivity contribution in [1.82, 2.24) is 20.4 Å². The van der Waals surface area contributed by atoms with Crippen LogP contribution in [0.2, 0.25) is 5.02 Å². The lowest BCUT2D eigenvalue weighted by Crippen LogP contribution is -2.39. The molecule has 34 heavy (non-hydrogen) atoms. The van der Waals surface area contributed by atoms with Crippen LogP contribution in [-0.2, 0) is 11.3 Å². The van der Waals surface area contributed by atoms with Gasteiger partial charge in [0.15, 0.2) is 0 Å². The second-order valence-electron chi connectivity index (χ2n) is 9.33. The van der Waals surface area contributed by atoms with E-state index in [9.17, 15) is 4.79 Å². The Morgan fingerprint density at radius 3 is 2.74 bits per heavy atom. The van der Waals surface area contributed by atoms with Crippen LogP contribution in [0.25, 0.3) is 0 Å². The van der Waals surface area contributed by atoms with E-state index in [0.717, 1.165) is 48.3 Å². The standard InChI is InChI=1S/C28H35ClN4O/c1-20(2)8-7-15-32(5)22(4)27-28(30-19-34)31-26(17-24-10-6-9-21(3)16-24)33(27)18-23-11-13-25(29)14-12-23/h6,9-14,16,19-20,26,31H,3-4,7-8,15,17-18H2,1-2,5H3/p+1. The topological polar surface area (TPSA) is 47.6 Å². The summed E-state index contributed by atoms with van der Waals surface area (Å²) in [6.07, 6.45) is 11.9. The van der Waals surface area contributed by atoms with Crippen LogP contribution in [0.15, 0.2) is 84.0 Å². The summed E-state index contributed by atoms with van der Waals surface area (Å²) in [5.74, 6) is 1.34. The third kappa shape index (κ3) is 6.73. The number of halogens is 1. The first-order valence-corrected chi connectivity index (χ1v) is 12.2. The predicted molar refractivity (Wildman–Crippen MR) is 141 cm³/mol. The average molecular weight is 480 g/mol. The van der Waals surface area contributed by atoms with E-state index in [2.05, 4.69) is 67.0 Å². The minimum Gasteiger partial charge on any atom is -0.373 e. The monoisotopic (exact) mass is 479 g/mol. The highest BCUT2D eigenvalue weighted by Crippen LogP contribution is 2.32. The van der Waals surface area contributed by atoms with Gasteiger partial charge >= 0.3 is 0 Å². The number of nitrogens with one attached hydrogen (secondary N) is 2. The van der Waals surface area contributed by atoms with Gasteiger partial charge in [0.2, 0.25) is 6.41 Å². The first-order valence-electron chi connectivity index (χ1n) is 11.8. The predicted octanol–water partition coefficient (Wildman–Crippen LogP) is 5.51. The molecule has 0 radical (unpaired) electrons. The van der Waals surface area contributed by atoms with Crippen molar-refractivity contribution in [2.45, 2.75) is 45.8 Å². The second kappa shape index (κ2) is 11.9. The maximum atomic E-state index is 11.5. The molecular formula is C28H36ClN4O+. The lowest BCUT2D eigenvalue weighted by atomic mass is 9.98. The highest BCUT2D eigenvalue weighted by atomic mass is 35.5. The number of rotatable bonds is 12. The minimum absolute atomic E-state index is 0.0595. The number of nitrogens with zero attached hydrogens (tertiary/aromatic N) is 2. The van der Waals surface area contributed by atoms with Crippen molar-refractivity contribution in [2.24, 2.45) is 5.92 Å². The van der Waals surface area contributed by atoms with Crippen molar-refractivity contribution in [3.8, 4) is 0 Å². The number of hydrogen-bond donors (Lipinski definition) is 2. The number of carbonyl (C=O) groups excluding carboxylic acids is 1. The van der Waals surface area contributed by atoms with Gasteiger partial charge in [0.25, 0.3) is 0 Å². The van der Waals surface area contributed by atoms with E-state index in [1.54, 1.807) is 0 Å². The van der Waals surface area contributed by atoms with Gasteiger partial charge in [-0.1, -0.05) is 50.7 Å². The number of amides is 1. The molecule has 1 atom stereocenters. The van der Waals surface area contributed by atoms with Crippen LogP contribution in [0.1, 0.15) is 38.7 Å². The summed E-state index contributed by atoms with van der Waals surface area (Å²) in [4.78, 5) is 16.0. The van der Waals surface area contributed by atoms with Crippen LogP contribution in [0.5, 0.6) is 0 Å². The zero-order chi connectivity index (χ0) is 24.7. The van der Waals surface area contributed by atoms with Gasteiger partial charge in [-0.15, -0.1) is 0 Å². The normalized spacial score (nSPS) is 17.4. The van der Waals surface area contributed by atoms with Crippen LogP contribution in [0.3, 0.4) is 0 Å². The van der Waals surface area contributed by atoms with Crippen molar-refractivity contribution in [1.29, 1.82) is 0 Å². The lowest BCUT2D eigenvalue weighted by molar-refractivity contribution is -0.109. The van der Waals surface area contributed by atoms with Gasteiger partial charge in [0.1, 0.15) is 17.7 Å². The highest BCUT2D eigenvalue weighted by molar-refractivity contribution is 6.30. The molecule has 1 unspecified atom stereocenters. The third-order valence-corrected chi connectivity index (χ3v) is 6.36. The van der Waals surface area contributed by atoms with Crippen molar-refractivity contribution in [3.05, 3.63) is 101 Å². The summed E-state index contributed by atoms with van der Waals surface area (Å²) in [7, 11) is 2.06. The van der Waals surface area contributed by atoms with Crippen LogP contribution in [0, 0.1) is 12.3 Å². The number of likely N-dealkylation sites (N-methyl/N-ethyl adjacent to an activating group) is 1. The Labute approximate surface area is 209 Å². The van der Waals surface area contributed by atoms with E-state index in [0.29, 0.717) is 29.7 Å². The van der Waals surface area contributed by atoms with Crippen LogP contribution >= 0.6 is 11.6 Å². The lowest BCUT2D eigenvalue weighted by Gasteiger charge is -2.32. The molecule has 180 valence electrons. The van der Waals surface area contributed by atoms with Gasteiger partial charge in [-0.2, -0.15) is 0 Å². The summed E-state index contributed by atoms with van der Waals surface area (Å²) in [6.45, 7) is 14.5. The maximum absolute atomic E-state index is 11.5. The molecule has 0 saturated heterocycles. The molecule has 0 bridgehead atoms. The van der Waals surface area contributed by atoms with Crippen LogP contribution in [0.4, 0.5) is 0 Å². The number of allylic oxidation sites excluding steroid dienone is 4. The quantitative estimate of drug-likeness (QED) is 0.306.